The Bertz CT molecular complexity index is 558. The number of hydrogen-bond acceptors (Lipinski definition) is 5. The van der Waals surface area contributed by atoms with Crippen molar-refractivity contribution >= 4 is 11.8 Å². The Labute approximate surface area is 128 Å². The van der Waals surface area contributed by atoms with E-state index in [1.807, 2.05) is 7.05 Å². The van der Waals surface area contributed by atoms with Gasteiger partial charge in [0, 0.05) is 29.0 Å². The zero-order valence-electron chi connectivity index (χ0n) is 12.5. The lowest BCUT2D eigenvalue weighted by Gasteiger charge is -2.06. The predicted octanol–water partition coefficient (Wildman–Crippen LogP) is 3.25. The van der Waals surface area contributed by atoms with Crippen LogP contribution in [0.2, 0.25) is 0 Å². The van der Waals surface area contributed by atoms with Gasteiger partial charge in [0.15, 0.2) is 5.82 Å². The monoisotopic (exact) mass is 309 g/mol. The molecule has 1 aromatic carbocycles. The average Bonchev–Trinajstić information content (AvgIpc) is 2.94. The summed E-state index contributed by atoms with van der Waals surface area (Å²) in [7, 11) is 1.91. The molecule has 2 atom stereocenters. The minimum atomic E-state index is -0.215. The first-order valence-electron chi connectivity index (χ1n) is 6.96. The largest absolute Gasteiger partial charge is 0.339 e. The van der Waals surface area contributed by atoms with Gasteiger partial charge >= 0.3 is 0 Å². The van der Waals surface area contributed by atoms with E-state index in [4.69, 9.17) is 4.52 Å². The van der Waals surface area contributed by atoms with E-state index >= 15 is 0 Å². The summed E-state index contributed by atoms with van der Waals surface area (Å²) < 4.78 is 18.2. The third kappa shape index (κ3) is 4.82. The van der Waals surface area contributed by atoms with E-state index in [-0.39, 0.29) is 11.7 Å². The minimum Gasteiger partial charge on any atom is -0.339 e. The summed E-state index contributed by atoms with van der Waals surface area (Å²) in [6.07, 6.45) is 0.748. The van der Waals surface area contributed by atoms with E-state index in [1.54, 1.807) is 23.9 Å². The van der Waals surface area contributed by atoms with Crippen molar-refractivity contribution < 1.29 is 8.91 Å². The van der Waals surface area contributed by atoms with E-state index in [1.165, 1.54) is 12.1 Å². The summed E-state index contributed by atoms with van der Waals surface area (Å²) in [5, 5.41) is 7.15. The van der Waals surface area contributed by atoms with Crippen molar-refractivity contribution in [3.8, 4) is 0 Å². The summed E-state index contributed by atoms with van der Waals surface area (Å²) in [5.74, 6) is 2.14. The summed E-state index contributed by atoms with van der Waals surface area (Å²) in [5.41, 5.74) is 0. The maximum absolute atomic E-state index is 12.8. The highest BCUT2D eigenvalue weighted by Gasteiger charge is 2.15. The molecule has 1 aromatic heterocycles. The number of likely N-dealkylation sites (N-methyl/N-ethyl adjacent to an activating group) is 1. The Morgan fingerprint density at radius 1 is 1.29 bits per heavy atom. The van der Waals surface area contributed by atoms with Gasteiger partial charge in [0.1, 0.15) is 5.82 Å². The number of thioether (sulfide) groups is 1. The second kappa shape index (κ2) is 7.56. The second-order valence-corrected chi connectivity index (χ2v) is 6.20. The van der Waals surface area contributed by atoms with Gasteiger partial charge in [0.2, 0.25) is 5.89 Å². The van der Waals surface area contributed by atoms with Gasteiger partial charge in [-0.05, 0) is 38.2 Å². The lowest BCUT2D eigenvalue weighted by Crippen LogP contribution is -2.24. The molecule has 0 radical (unpaired) electrons. The highest BCUT2D eigenvalue weighted by Crippen LogP contribution is 2.25. The molecule has 0 bridgehead atoms. The van der Waals surface area contributed by atoms with Crippen LogP contribution in [0.5, 0.6) is 0 Å². The number of aromatic nitrogens is 2. The van der Waals surface area contributed by atoms with Gasteiger partial charge in [-0.25, -0.2) is 4.39 Å². The van der Waals surface area contributed by atoms with Crippen LogP contribution in [0.3, 0.4) is 0 Å². The highest BCUT2D eigenvalue weighted by atomic mass is 32.2. The molecule has 6 heteroatoms. The molecule has 1 N–H and O–H groups in total. The smallest absolute Gasteiger partial charge is 0.230 e. The molecule has 0 aliphatic heterocycles. The van der Waals surface area contributed by atoms with E-state index in [0.29, 0.717) is 11.9 Å². The first-order chi connectivity index (χ1) is 10.1. The zero-order valence-corrected chi connectivity index (χ0v) is 13.3. The molecule has 0 fully saturated rings. The third-order valence-corrected chi connectivity index (χ3v) is 4.47. The molecule has 21 heavy (non-hydrogen) atoms. The Morgan fingerprint density at radius 2 is 2.00 bits per heavy atom. The van der Waals surface area contributed by atoms with Gasteiger partial charge in [-0.15, -0.1) is 11.8 Å². The van der Waals surface area contributed by atoms with Crippen LogP contribution in [-0.2, 0) is 6.42 Å². The van der Waals surface area contributed by atoms with Crippen LogP contribution in [0, 0.1) is 5.82 Å². The first kappa shape index (κ1) is 16.0. The van der Waals surface area contributed by atoms with Crippen LogP contribution in [0.4, 0.5) is 4.39 Å². The minimum absolute atomic E-state index is 0.159. The fourth-order valence-electron chi connectivity index (χ4n) is 1.75. The van der Waals surface area contributed by atoms with Crippen molar-refractivity contribution in [1.29, 1.82) is 0 Å². The van der Waals surface area contributed by atoms with Crippen LogP contribution in [-0.4, -0.2) is 29.0 Å². The molecule has 2 rings (SSSR count). The Morgan fingerprint density at radius 3 is 2.67 bits per heavy atom. The molecule has 0 saturated heterocycles. The molecule has 0 aliphatic rings. The molecule has 2 unspecified atom stereocenters. The summed E-state index contributed by atoms with van der Waals surface area (Å²) in [6.45, 7) is 4.12. The van der Waals surface area contributed by atoms with E-state index in [9.17, 15) is 4.39 Å². The van der Waals surface area contributed by atoms with Crippen molar-refractivity contribution in [3.63, 3.8) is 0 Å². The van der Waals surface area contributed by atoms with Gasteiger partial charge in [-0.3, -0.25) is 0 Å². The lowest BCUT2D eigenvalue weighted by atomic mass is 10.2. The molecular weight excluding hydrogens is 289 g/mol. The van der Waals surface area contributed by atoms with Crippen molar-refractivity contribution in [2.75, 3.05) is 12.8 Å². The third-order valence-electron chi connectivity index (χ3n) is 3.20. The SMILES string of the molecule is CNC(C)Cc1noc(C(C)CSc2ccc(F)cc2)n1. The number of nitrogens with one attached hydrogen (secondary N) is 1. The normalized spacial score (nSPS) is 14.1. The fraction of sp³-hybridized carbons (Fsp3) is 0.467. The molecule has 1 heterocycles. The predicted molar refractivity (Wildman–Crippen MR) is 82.1 cm³/mol. The Hall–Kier alpha value is -1.40. The van der Waals surface area contributed by atoms with Gasteiger partial charge in [-0.2, -0.15) is 4.98 Å². The lowest BCUT2D eigenvalue weighted by molar-refractivity contribution is 0.360. The number of benzene rings is 1. The second-order valence-electron chi connectivity index (χ2n) is 5.11. The fourth-order valence-corrected chi connectivity index (χ4v) is 2.66. The number of rotatable bonds is 7. The summed E-state index contributed by atoms with van der Waals surface area (Å²) in [4.78, 5) is 5.47. The van der Waals surface area contributed by atoms with E-state index in [0.717, 1.165) is 22.9 Å². The zero-order chi connectivity index (χ0) is 15.2. The van der Waals surface area contributed by atoms with Crippen LogP contribution >= 0.6 is 11.8 Å². The van der Waals surface area contributed by atoms with Crippen LogP contribution in [0.15, 0.2) is 33.7 Å². The van der Waals surface area contributed by atoms with Gasteiger partial charge in [-0.1, -0.05) is 12.1 Å². The summed E-state index contributed by atoms with van der Waals surface area (Å²) in [6, 6.07) is 6.81. The van der Waals surface area contributed by atoms with Gasteiger partial charge in [0.25, 0.3) is 0 Å². The Kier molecular flexibility index (Phi) is 5.76. The Balaban J connectivity index is 1.88. The first-order valence-corrected chi connectivity index (χ1v) is 7.95. The number of nitrogens with zero attached hydrogens (tertiary/aromatic N) is 2. The standard InChI is InChI=1S/C15H20FN3OS/c1-10(9-21-13-6-4-12(16)5-7-13)15-18-14(19-20-15)8-11(2)17-3/h4-7,10-11,17H,8-9H2,1-3H3. The maximum Gasteiger partial charge on any atom is 0.230 e. The highest BCUT2D eigenvalue weighted by molar-refractivity contribution is 7.99. The quantitative estimate of drug-likeness (QED) is 0.796. The van der Waals surface area contributed by atoms with Crippen molar-refractivity contribution in [2.45, 2.75) is 37.1 Å². The topological polar surface area (TPSA) is 51.0 Å². The molecule has 0 amide bonds. The molecular formula is C15H20FN3OS. The van der Waals surface area contributed by atoms with Crippen molar-refractivity contribution in [2.24, 2.45) is 0 Å². The molecule has 0 spiro atoms. The molecule has 4 nitrogen and oxygen atoms in total. The van der Waals surface area contributed by atoms with Crippen LogP contribution < -0.4 is 5.32 Å². The van der Waals surface area contributed by atoms with Crippen LogP contribution in [0.25, 0.3) is 0 Å². The van der Waals surface area contributed by atoms with Crippen molar-refractivity contribution in [1.82, 2.24) is 15.5 Å². The van der Waals surface area contributed by atoms with Crippen LogP contribution in [0.1, 0.15) is 31.5 Å². The maximum atomic E-state index is 12.8. The molecule has 0 aliphatic carbocycles. The summed E-state index contributed by atoms with van der Waals surface area (Å²) >= 11 is 1.65. The molecule has 0 saturated carbocycles. The molecule has 2 aromatic rings. The average molecular weight is 309 g/mol. The van der Waals surface area contributed by atoms with Gasteiger partial charge < -0.3 is 9.84 Å². The number of hydrogen-bond donors (Lipinski definition) is 1. The number of halogens is 1. The molecule has 114 valence electrons. The van der Waals surface area contributed by atoms with E-state index < -0.39 is 0 Å². The van der Waals surface area contributed by atoms with Crippen molar-refractivity contribution in [3.05, 3.63) is 41.8 Å². The van der Waals surface area contributed by atoms with Gasteiger partial charge in [0.05, 0.1) is 0 Å². The van der Waals surface area contributed by atoms with E-state index in [2.05, 4.69) is 29.3 Å².